The van der Waals surface area contributed by atoms with Gasteiger partial charge in [-0.25, -0.2) is 4.98 Å². The van der Waals surface area contributed by atoms with Crippen LogP contribution in [-0.4, -0.2) is 56.5 Å². The van der Waals surface area contributed by atoms with E-state index in [9.17, 15) is 14.7 Å². The minimum Gasteiger partial charge on any atom is -0.481 e. The number of carboxylic acids is 1. The molecular formula is C31H42N4O4. The SMILES string of the molecule is CO/N=C(\CCC(=O)O)c1nc2ccccc2n(C2C[C@H]3CCC[C@@H](C2)N3C2C[C@H]3CCCC[C@@H](C2)C3)c1=O. The Bertz CT molecular complexity index is 1260. The van der Waals surface area contributed by atoms with Crippen molar-refractivity contribution in [3.63, 3.8) is 0 Å². The highest BCUT2D eigenvalue weighted by molar-refractivity contribution is 6.00. The minimum atomic E-state index is -0.942. The van der Waals surface area contributed by atoms with Crippen molar-refractivity contribution in [1.82, 2.24) is 14.5 Å². The first-order chi connectivity index (χ1) is 19.0. The van der Waals surface area contributed by atoms with Crippen LogP contribution in [0.25, 0.3) is 11.0 Å². The fourth-order valence-electron chi connectivity index (χ4n) is 8.55. The Balaban J connectivity index is 1.34. The summed E-state index contributed by atoms with van der Waals surface area (Å²) in [6.07, 6.45) is 15.4. The third kappa shape index (κ3) is 5.37. The smallest absolute Gasteiger partial charge is 0.303 e. The lowest BCUT2D eigenvalue weighted by Gasteiger charge is -2.54. The lowest BCUT2D eigenvalue weighted by Crippen LogP contribution is -2.58. The molecule has 8 heteroatoms. The standard InChI is InChI=1S/C31H42N4O4/c1-39-33-27(13-14-29(36)37)30-31(38)35(28-12-5-4-11-26(28)32-30)25-18-22-9-6-10-23(19-25)34(22)24-16-20-7-2-3-8-21(15-20)17-24/h4-5,11-12,20-25H,2-3,6-10,13-19H2,1H3,(H,36,37)/b33-27+/t20-,21+,22-,23+,24?,25?. The van der Waals surface area contributed by atoms with E-state index in [1.54, 1.807) is 0 Å². The average Bonchev–Trinajstić information content (AvgIpc) is 3.09. The van der Waals surface area contributed by atoms with Crippen LogP contribution in [0, 0.1) is 11.8 Å². The van der Waals surface area contributed by atoms with E-state index in [-0.39, 0.29) is 30.1 Å². The second-order valence-electron chi connectivity index (χ2n) is 12.4. The highest BCUT2D eigenvalue weighted by Gasteiger charge is 2.45. The summed E-state index contributed by atoms with van der Waals surface area (Å²) in [5, 5.41) is 13.3. The van der Waals surface area contributed by atoms with E-state index in [2.05, 4.69) is 15.0 Å². The number of carbonyl (C=O) groups is 1. The van der Waals surface area contributed by atoms with Crippen LogP contribution in [0.1, 0.15) is 102 Å². The Hall–Kier alpha value is -2.74. The molecule has 6 rings (SSSR count). The molecule has 8 nitrogen and oxygen atoms in total. The fraction of sp³-hybridized carbons (Fsp3) is 0.677. The number of oxime groups is 1. The van der Waals surface area contributed by atoms with E-state index >= 15 is 0 Å². The van der Waals surface area contributed by atoms with Crippen molar-refractivity contribution < 1.29 is 14.7 Å². The molecule has 2 saturated carbocycles. The molecule has 3 heterocycles. The van der Waals surface area contributed by atoms with E-state index in [0.717, 1.165) is 35.7 Å². The molecule has 4 aliphatic rings. The predicted molar refractivity (Wildman–Crippen MR) is 151 cm³/mol. The van der Waals surface area contributed by atoms with E-state index < -0.39 is 5.97 Å². The van der Waals surface area contributed by atoms with Crippen LogP contribution in [0.5, 0.6) is 0 Å². The summed E-state index contributed by atoms with van der Waals surface area (Å²) in [4.78, 5) is 38.0. The molecule has 6 atom stereocenters. The van der Waals surface area contributed by atoms with Gasteiger partial charge in [-0.05, 0) is 68.9 Å². The maximum atomic E-state index is 14.1. The first-order valence-corrected chi connectivity index (χ1v) is 15.1. The van der Waals surface area contributed by atoms with Gasteiger partial charge < -0.3 is 14.5 Å². The van der Waals surface area contributed by atoms with Crippen molar-refractivity contribution in [2.75, 3.05) is 7.11 Å². The fourth-order valence-corrected chi connectivity index (χ4v) is 8.55. The lowest BCUT2D eigenvalue weighted by atomic mass is 9.73. The largest absolute Gasteiger partial charge is 0.481 e. The van der Waals surface area contributed by atoms with Crippen molar-refractivity contribution in [1.29, 1.82) is 0 Å². The maximum Gasteiger partial charge on any atom is 0.303 e. The van der Waals surface area contributed by atoms with Crippen LogP contribution in [0.3, 0.4) is 0 Å². The molecule has 2 saturated heterocycles. The highest BCUT2D eigenvalue weighted by Crippen LogP contribution is 2.47. The number of rotatable bonds is 7. The zero-order valence-electron chi connectivity index (χ0n) is 23.1. The zero-order chi connectivity index (χ0) is 26.9. The van der Waals surface area contributed by atoms with Gasteiger partial charge in [0.15, 0.2) is 5.69 Å². The van der Waals surface area contributed by atoms with Crippen molar-refractivity contribution in [3.05, 3.63) is 40.3 Å². The van der Waals surface area contributed by atoms with Crippen LogP contribution in [-0.2, 0) is 9.63 Å². The van der Waals surface area contributed by atoms with Crippen molar-refractivity contribution in [3.8, 4) is 0 Å². The summed E-state index contributed by atoms with van der Waals surface area (Å²) in [6, 6.07) is 9.61. The van der Waals surface area contributed by atoms with Gasteiger partial charge in [0.1, 0.15) is 12.8 Å². The molecule has 2 unspecified atom stereocenters. The van der Waals surface area contributed by atoms with Gasteiger partial charge in [0.05, 0.1) is 17.5 Å². The molecule has 2 aliphatic heterocycles. The number of aromatic nitrogens is 2. The van der Waals surface area contributed by atoms with E-state index in [1.807, 2.05) is 28.8 Å². The molecule has 210 valence electrons. The number of piperidine rings is 2. The molecule has 0 spiro atoms. The van der Waals surface area contributed by atoms with Gasteiger partial charge in [0.2, 0.25) is 0 Å². The van der Waals surface area contributed by atoms with Crippen molar-refractivity contribution in [2.24, 2.45) is 17.0 Å². The van der Waals surface area contributed by atoms with E-state index in [0.29, 0.717) is 23.8 Å². The van der Waals surface area contributed by atoms with Gasteiger partial charge in [-0.1, -0.05) is 49.4 Å². The van der Waals surface area contributed by atoms with Crippen LogP contribution in [0.2, 0.25) is 0 Å². The summed E-state index contributed by atoms with van der Waals surface area (Å²) in [5.74, 6) is 0.851. The molecule has 1 aromatic carbocycles. The Morgan fingerprint density at radius 2 is 1.62 bits per heavy atom. The number of nitrogens with zero attached hydrogens (tertiary/aromatic N) is 4. The summed E-state index contributed by atoms with van der Waals surface area (Å²) in [7, 11) is 1.42. The quantitative estimate of drug-likeness (QED) is 0.371. The Kier molecular flexibility index (Phi) is 7.74. The third-order valence-corrected chi connectivity index (χ3v) is 9.99. The number of aliphatic carboxylic acids is 1. The monoisotopic (exact) mass is 534 g/mol. The normalized spacial score (nSPS) is 31.6. The molecule has 4 bridgehead atoms. The Labute approximate surface area is 230 Å². The minimum absolute atomic E-state index is 0.0878. The molecular weight excluding hydrogens is 492 g/mol. The molecule has 2 aromatic rings. The molecule has 2 aliphatic carbocycles. The molecule has 1 N–H and O–H groups in total. The molecule has 0 amide bonds. The maximum absolute atomic E-state index is 14.1. The first kappa shape index (κ1) is 26.5. The van der Waals surface area contributed by atoms with E-state index in [4.69, 9.17) is 4.84 Å². The second kappa shape index (κ2) is 11.4. The van der Waals surface area contributed by atoms with Gasteiger partial charge in [-0.2, -0.15) is 0 Å². The van der Waals surface area contributed by atoms with Gasteiger partial charge in [0, 0.05) is 30.6 Å². The van der Waals surface area contributed by atoms with Crippen LogP contribution < -0.4 is 5.56 Å². The molecule has 4 fully saturated rings. The van der Waals surface area contributed by atoms with Crippen LogP contribution in [0.4, 0.5) is 0 Å². The van der Waals surface area contributed by atoms with Crippen LogP contribution >= 0.6 is 0 Å². The summed E-state index contributed by atoms with van der Waals surface area (Å²) < 4.78 is 1.97. The highest BCUT2D eigenvalue weighted by atomic mass is 16.6. The summed E-state index contributed by atoms with van der Waals surface area (Å²) in [5.41, 5.74) is 1.90. The molecule has 39 heavy (non-hydrogen) atoms. The second-order valence-corrected chi connectivity index (χ2v) is 12.4. The number of hydrogen-bond donors (Lipinski definition) is 1. The number of benzene rings is 1. The molecule has 1 aromatic heterocycles. The topological polar surface area (TPSA) is 97.0 Å². The zero-order valence-corrected chi connectivity index (χ0v) is 23.1. The lowest BCUT2D eigenvalue weighted by molar-refractivity contribution is -0.136. The summed E-state index contributed by atoms with van der Waals surface area (Å²) >= 11 is 0. The van der Waals surface area contributed by atoms with Crippen LogP contribution in [0.15, 0.2) is 34.2 Å². The first-order valence-electron chi connectivity index (χ1n) is 15.1. The predicted octanol–water partition coefficient (Wildman–Crippen LogP) is 5.53. The van der Waals surface area contributed by atoms with E-state index in [1.165, 1.54) is 71.3 Å². The Morgan fingerprint density at radius 3 is 2.28 bits per heavy atom. The number of para-hydroxylation sites is 2. The number of carboxylic acid groups (broad SMARTS) is 1. The van der Waals surface area contributed by atoms with Gasteiger partial charge in [-0.3, -0.25) is 14.5 Å². The van der Waals surface area contributed by atoms with Crippen molar-refractivity contribution in [2.45, 2.75) is 114 Å². The third-order valence-electron chi connectivity index (χ3n) is 9.99. The van der Waals surface area contributed by atoms with Crippen molar-refractivity contribution >= 4 is 22.7 Å². The summed E-state index contributed by atoms with van der Waals surface area (Å²) in [6.45, 7) is 0. The van der Waals surface area contributed by atoms with Gasteiger partial charge in [0.25, 0.3) is 5.56 Å². The number of fused-ring (bicyclic) bond motifs is 5. The number of hydrogen-bond acceptors (Lipinski definition) is 6. The van der Waals surface area contributed by atoms with Gasteiger partial charge in [-0.15, -0.1) is 0 Å². The molecule has 0 radical (unpaired) electrons. The average molecular weight is 535 g/mol. The Morgan fingerprint density at radius 1 is 0.923 bits per heavy atom. The van der Waals surface area contributed by atoms with Gasteiger partial charge >= 0.3 is 5.97 Å².